The van der Waals surface area contributed by atoms with Crippen LogP contribution in [0.15, 0.2) is 46.3 Å². The quantitative estimate of drug-likeness (QED) is 0.322. The SMILES string of the molecule is CCC(CC)=C(N(C)C)P(=O)(O)OC(=O)c1ccccc1C(=O)OP(=O)(O)C(=C(CC)CC)N(C)C. The highest BCUT2D eigenvalue weighted by Gasteiger charge is 2.37. The fourth-order valence-corrected chi connectivity index (χ4v) is 7.18. The van der Waals surface area contributed by atoms with E-state index in [9.17, 15) is 28.5 Å². The van der Waals surface area contributed by atoms with Crippen LogP contribution in [0.5, 0.6) is 0 Å². The third-order valence-electron chi connectivity index (χ3n) is 5.50. The van der Waals surface area contributed by atoms with Crippen LogP contribution in [-0.4, -0.2) is 59.7 Å². The largest absolute Gasteiger partial charge is 0.426 e. The van der Waals surface area contributed by atoms with Crippen LogP contribution < -0.4 is 0 Å². The Morgan fingerprint density at radius 1 is 0.694 bits per heavy atom. The van der Waals surface area contributed by atoms with E-state index >= 15 is 0 Å². The molecule has 0 aromatic heterocycles. The number of hydrogen-bond donors (Lipinski definition) is 2. The van der Waals surface area contributed by atoms with Crippen molar-refractivity contribution in [3.8, 4) is 0 Å². The number of allylic oxidation sites excluding steroid dienone is 2. The Hall–Kier alpha value is -2.38. The molecule has 0 aliphatic heterocycles. The first-order valence-corrected chi connectivity index (χ1v) is 14.9. The van der Waals surface area contributed by atoms with Gasteiger partial charge in [0.1, 0.15) is 10.9 Å². The normalized spacial score (nSPS) is 14.1. The fourth-order valence-electron chi connectivity index (χ4n) is 3.92. The van der Waals surface area contributed by atoms with Crippen LogP contribution in [0.4, 0.5) is 0 Å². The van der Waals surface area contributed by atoms with Crippen LogP contribution in [0.3, 0.4) is 0 Å². The predicted octanol–water partition coefficient (Wildman–Crippen LogP) is 5.56. The number of benzene rings is 1. The molecule has 0 radical (unpaired) electrons. The summed E-state index contributed by atoms with van der Waals surface area (Å²) >= 11 is 0. The minimum Gasteiger partial charge on any atom is -0.384 e. The minimum absolute atomic E-state index is 0.00631. The van der Waals surface area contributed by atoms with Crippen LogP contribution in [0.1, 0.15) is 74.1 Å². The molecule has 1 rings (SSSR count). The van der Waals surface area contributed by atoms with Gasteiger partial charge in [-0.15, -0.1) is 0 Å². The summed E-state index contributed by atoms with van der Waals surface area (Å²) in [6, 6.07) is 5.29. The van der Waals surface area contributed by atoms with Crippen molar-refractivity contribution in [2.45, 2.75) is 53.4 Å². The molecule has 0 aliphatic carbocycles. The first kappa shape index (κ1) is 31.6. The Balaban J connectivity index is 3.44. The molecule has 1 aromatic carbocycles. The number of carbonyl (C=O) groups excluding carboxylic acids is 2. The zero-order valence-corrected chi connectivity index (χ0v) is 24.1. The van der Waals surface area contributed by atoms with E-state index in [0.717, 1.165) is 0 Å². The standard InChI is InChI=1S/C24H38N2O8P2/c1-9-17(10-2)21(25(5)6)35(29,30)33-23(27)19-15-13-14-16-20(19)24(28)34-36(31,32)22(26(7)8)18(11-3)12-4/h13-16H,9-12H2,1-8H3,(H,29,30)(H,31,32). The van der Waals surface area contributed by atoms with Gasteiger partial charge in [0.25, 0.3) is 0 Å². The Labute approximate surface area is 213 Å². The first-order valence-electron chi connectivity index (χ1n) is 11.7. The van der Waals surface area contributed by atoms with Crippen LogP contribution in [0, 0.1) is 0 Å². The Morgan fingerprint density at radius 2 is 0.972 bits per heavy atom. The molecule has 1 aromatic rings. The van der Waals surface area contributed by atoms with Crippen molar-refractivity contribution in [1.82, 2.24) is 9.80 Å². The average molecular weight is 545 g/mol. The van der Waals surface area contributed by atoms with Crippen LogP contribution in [0.2, 0.25) is 0 Å². The maximum atomic E-state index is 13.1. The molecule has 2 unspecified atom stereocenters. The lowest BCUT2D eigenvalue weighted by Gasteiger charge is -2.25. The van der Waals surface area contributed by atoms with Gasteiger partial charge in [-0.3, -0.25) is 0 Å². The van der Waals surface area contributed by atoms with Gasteiger partial charge >= 0.3 is 27.1 Å². The van der Waals surface area contributed by atoms with E-state index in [-0.39, 0.29) is 22.0 Å². The van der Waals surface area contributed by atoms with Gasteiger partial charge < -0.3 is 28.6 Å². The molecule has 10 nitrogen and oxygen atoms in total. The van der Waals surface area contributed by atoms with Crippen molar-refractivity contribution < 1.29 is 37.6 Å². The van der Waals surface area contributed by atoms with Gasteiger partial charge in [-0.1, -0.05) is 39.8 Å². The molecule has 0 saturated carbocycles. The van der Waals surface area contributed by atoms with Crippen LogP contribution in [-0.2, 0) is 18.2 Å². The Morgan fingerprint density at radius 3 is 1.19 bits per heavy atom. The predicted molar refractivity (Wildman–Crippen MR) is 140 cm³/mol. The molecular formula is C24H38N2O8P2. The highest BCUT2D eigenvalue weighted by Crippen LogP contribution is 2.55. The lowest BCUT2D eigenvalue weighted by atomic mass is 10.1. The maximum Gasteiger partial charge on any atom is 0.426 e. The van der Waals surface area contributed by atoms with E-state index in [1.807, 2.05) is 27.7 Å². The smallest absolute Gasteiger partial charge is 0.384 e. The summed E-state index contributed by atoms with van der Waals surface area (Å²) in [5, 5.41) is 0. The third-order valence-corrected chi connectivity index (χ3v) is 8.83. The van der Waals surface area contributed by atoms with E-state index in [1.54, 1.807) is 28.2 Å². The number of hydrogen-bond acceptors (Lipinski definition) is 8. The zero-order valence-electron chi connectivity index (χ0n) is 22.3. The number of rotatable bonds is 12. The molecule has 202 valence electrons. The number of carbonyl (C=O) groups is 2. The summed E-state index contributed by atoms with van der Waals surface area (Å²) in [7, 11) is -2.98. The van der Waals surface area contributed by atoms with Gasteiger partial charge in [-0.2, -0.15) is 0 Å². The molecule has 2 atom stereocenters. The van der Waals surface area contributed by atoms with E-state index < -0.39 is 27.1 Å². The van der Waals surface area contributed by atoms with E-state index in [2.05, 4.69) is 0 Å². The topological polar surface area (TPSA) is 134 Å². The zero-order chi connectivity index (χ0) is 27.8. The van der Waals surface area contributed by atoms with Gasteiger partial charge in [0.2, 0.25) is 0 Å². The summed E-state index contributed by atoms with van der Waals surface area (Å²) < 4.78 is 36.3. The fraction of sp³-hybridized carbons (Fsp3) is 0.500. The van der Waals surface area contributed by atoms with E-state index in [4.69, 9.17) is 9.05 Å². The maximum absolute atomic E-state index is 13.1. The second kappa shape index (κ2) is 13.2. The molecule has 2 N–H and O–H groups in total. The van der Waals surface area contributed by atoms with Crippen LogP contribution in [0.25, 0.3) is 0 Å². The first-order chi connectivity index (χ1) is 16.7. The minimum atomic E-state index is -4.63. The molecule has 0 aliphatic rings. The second-order valence-corrected chi connectivity index (χ2v) is 11.7. The molecular weight excluding hydrogens is 506 g/mol. The lowest BCUT2D eigenvalue weighted by molar-refractivity contribution is 0.0671. The highest BCUT2D eigenvalue weighted by molar-refractivity contribution is 7.58. The van der Waals surface area contributed by atoms with Gasteiger partial charge in [0, 0.05) is 28.2 Å². The second-order valence-electron chi connectivity index (χ2n) is 8.40. The van der Waals surface area contributed by atoms with Gasteiger partial charge in [0.05, 0.1) is 11.1 Å². The van der Waals surface area contributed by atoms with Crippen molar-refractivity contribution >= 4 is 27.1 Å². The molecule has 0 bridgehead atoms. The molecule has 0 amide bonds. The van der Waals surface area contributed by atoms with E-state index in [1.165, 1.54) is 34.1 Å². The van der Waals surface area contributed by atoms with Gasteiger partial charge in [-0.25, -0.2) is 18.7 Å². The summed E-state index contributed by atoms with van der Waals surface area (Å²) in [5.74, 6) is -2.48. The summed E-state index contributed by atoms with van der Waals surface area (Å²) in [4.78, 5) is 50.1. The number of nitrogens with zero attached hydrogens (tertiary/aromatic N) is 2. The summed E-state index contributed by atoms with van der Waals surface area (Å²) in [6.07, 6.45) is 1.89. The molecule has 0 heterocycles. The van der Waals surface area contributed by atoms with E-state index in [0.29, 0.717) is 36.8 Å². The summed E-state index contributed by atoms with van der Waals surface area (Å²) in [5.41, 5.74) is 0.523. The summed E-state index contributed by atoms with van der Waals surface area (Å²) in [6.45, 7) is 7.28. The monoisotopic (exact) mass is 544 g/mol. The molecule has 0 fully saturated rings. The highest BCUT2D eigenvalue weighted by atomic mass is 31.2. The van der Waals surface area contributed by atoms with Crippen molar-refractivity contribution in [3.05, 3.63) is 57.4 Å². The van der Waals surface area contributed by atoms with Crippen molar-refractivity contribution in [2.24, 2.45) is 0 Å². The molecule has 36 heavy (non-hydrogen) atoms. The van der Waals surface area contributed by atoms with Crippen LogP contribution >= 0.6 is 15.2 Å². The third kappa shape index (κ3) is 7.56. The molecule has 12 heteroatoms. The molecule has 0 saturated heterocycles. The Bertz CT molecular complexity index is 1030. The van der Waals surface area contributed by atoms with Crippen molar-refractivity contribution in [1.29, 1.82) is 0 Å². The van der Waals surface area contributed by atoms with Crippen molar-refractivity contribution in [3.63, 3.8) is 0 Å². The molecule has 0 spiro atoms. The van der Waals surface area contributed by atoms with Crippen molar-refractivity contribution in [2.75, 3.05) is 28.2 Å². The lowest BCUT2D eigenvalue weighted by Crippen LogP contribution is -2.19. The average Bonchev–Trinajstić information content (AvgIpc) is 2.78. The Kier molecular flexibility index (Phi) is 11.6. The van der Waals surface area contributed by atoms with Gasteiger partial charge in [-0.05, 0) is 49.0 Å². The van der Waals surface area contributed by atoms with Gasteiger partial charge in [0.15, 0.2) is 0 Å².